The predicted octanol–water partition coefficient (Wildman–Crippen LogP) is 3.65. The standard InChI is InChI=1S/C16H12ClF3N4O4S/c1-29(25,26)10-3-5-12(11(17)7-10)28-14-6-9(16(18,19)20)2-4-13(14)27-8-15-21-23-24-22-15/h2-7H,8H2,1H3,(H,21,22,23,24). The minimum atomic E-state index is -4.62. The van der Waals surface area contributed by atoms with Gasteiger partial charge in [-0.1, -0.05) is 16.8 Å². The van der Waals surface area contributed by atoms with Crippen molar-refractivity contribution in [1.29, 1.82) is 0 Å². The van der Waals surface area contributed by atoms with Crippen molar-refractivity contribution in [3.05, 3.63) is 52.8 Å². The number of hydrogen-bond acceptors (Lipinski definition) is 7. The quantitative estimate of drug-likeness (QED) is 0.613. The summed E-state index contributed by atoms with van der Waals surface area (Å²) in [5.41, 5.74) is -0.969. The molecule has 0 saturated heterocycles. The first-order chi connectivity index (χ1) is 13.5. The van der Waals surface area contributed by atoms with Crippen molar-refractivity contribution in [2.24, 2.45) is 0 Å². The molecule has 0 spiro atoms. The Kier molecular flexibility index (Phi) is 5.66. The van der Waals surface area contributed by atoms with Crippen molar-refractivity contribution in [2.45, 2.75) is 17.7 Å². The Labute approximate surface area is 167 Å². The summed E-state index contributed by atoms with van der Waals surface area (Å²) in [7, 11) is -3.52. The lowest BCUT2D eigenvalue weighted by molar-refractivity contribution is -0.137. The number of hydrogen-bond donors (Lipinski definition) is 1. The Morgan fingerprint density at radius 2 is 1.83 bits per heavy atom. The highest BCUT2D eigenvalue weighted by Gasteiger charge is 2.32. The van der Waals surface area contributed by atoms with Gasteiger partial charge in [0.05, 0.1) is 15.5 Å². The molecule has 154 valence electrons. The number of nitrogens with zero attached hydrogens (tertiary/aromatic N) is 3. The third-order valence-electron chi connectivity index (χ3n) is 3.57. The van der Waals surface area contributed by atoms with Crippen LogP contribution in [0.2, 0.25) is 5.02 Å². The number of aromatic amines is 1. The lowest BCUT2D eigenvalue weighted by atomic mass is 10.2. The molecule has 0 amide bonds. The molecular formula is C16H12ClF3N4O4S. The first-order valence-electron chi connectivity index (χ1n) is 7.78. The van der Waals surface area contributed by atoms with Crippen LogP contribution in [0.4, 0.5) is 13.2 Å². The molecule has 1 heterocycles. The zero-order chi connectivity index (χ0) is 21.2. The molecule has 0 unspecified atom stereocenters. The number of alkyl halides is 3. The van der Waals surface area contributed by atoms with Crippen LogP contribution in [0.3, 0.4) is 0 Å². The van der Waals surface area contributed by atoms with Gasteiger partial charge in [-0.05, 0) is 36.4 Å². The number of rotatable bonds is 6. The number of ether oxygens (including phenoxy) is 2. The number of halogens is 4. The summed E-state index contributed by atoms with van der Waals surface area (Å²) in [5, 5.41) is 12.8. The van der Waals surface area contributed by atoms with E-state index < -0.39 is 21.6 Å². The summed E-state index contributed by atoms with van der Waals surface area (Å²) in [4.78, 5) is -0.0625. The molecule has 3 rings (SSSR count). The molecule has 0 bridgehead atoms. The van der Waals surface area contributed by atoms with Gasteiger partial charge in [-0.2, -0.15) is 18.4 Å². The number of sulfone groups is 1. The SMILES string of the molecule is CS(=O)(=O)c1ccc(Oc2cc(C(F)(F)F)ccc2OCc2nn[nH]n2)c(Cl)c1. The maximum absolute atomic E-state index is 13.1. The van der Waals surface area contributed by atoms with E-state index in [9.17, 15) is 21.6 Å². The van der Waals surface area contributed by atoms with Crippen LogP contribution in [0.15, 0.2) is 41.3 Å². The van der Waals surface area contributed by atoms with Crippen LogP contribution in [0.5, 0.6) is 17.2 Å². The highest BCUT2D eigenvalue weighted by Crippen LogP contribution is 2.40. The second-order valence-corrected chi connectivity index (χ2v) is 8.17. The third kappa shape index (κ3) is 5.15. The Morgan fingerprint density at radius 3 is 2.41 bits per heavy atom. The average molecular weight is 449 g/mol. The van der Waals surface area contributed by atoms with Gasteiger partial charge in [-0.15, -0.1) is 10.2 Å². The molecule has 0 radical (unpaired) electrons. The molecular weight excluding hydrogens is 437 g/mol. The zero-order valence-electron chi connectivity index (χ0n) is 14.6. The van der Waals surface area contributed by atoms with Crippen molar-refractivity contribution >= 4 is 21.4 Å². The van der Waals surface area contributed by atoms with E-state index in [1.165, 1.54) is 12.1 Å². The van der Waals surface area contributed by atoms with Crippen molar-refractivity contribution in [1.82, 2.24) is 20.6 Å². The van der Waals surface area contributed by atoms with E-state index in [2.05, 4.69) is 20.6 Å². The van der Waals surface area contributed by atoms with Gasteiger partial charge in [0.15, 0.2) is 27.9 Å². The summed E-state index contributed by atoms with van der Waals surface area (Å²) >= 11 is 6.04. The number of nitrogens with one attached hydrogen (secondary N) is 1. The molecule has 0 fully saturated rings. The summed E-state index contributed by atoms with van der Waals surface area (Å²) in [5.74, 6) is -0.197. The van der Waals surface area contributed by atoms with Gasteiger partial charge in [0, 0.05) is 6.26 Å². The van der Waals surface area contributed by atoms with Gasteiger partial charge < -0.3 is 9.47 Å². The van der Waals surface area contributed by atoms with E-state index in [1.54, 1.807) is 0 Å². The van der Waals surface area contributed by atoms with Crippen LogP contribution in [-0.4, -0.2) is 35.3 Å². The Bertz CT molecular complexity index is 1120. The molecule has 0 aliphatic heterocycles. The number of H-pyrrole nitrogens is 1. The second kappa shape index (κ2) is 7.87. The minimum absolute atomic E-state index is 0.0361. The van der Waals surface area contributed by atoms with E-state index in [0.29, 0.717) is 0 Å². The molecule has 1 N–H and O–H groups in total. The highest BCUT2D eigenvalue weighted by atomic mass is 35.5. The fourth-order valence-corrected chi connectivity index (χ4v) is 3.11. The smallest absolute Gasteiger partial charge is 0.416 e. The topological polar surface area (TPSA) is 107 Å². The molecule has 0 aliphatic rings. The fraction of sp³-hybridized carbons (Fsp3) is 0.188. The first kappa shape index (κ1) is 20.9. The lowest BCUT2D eigenvalue weighted by Gasteiger charge is -2.15. The van der Waals surface area contributed by atoms with Gasteiger partial charge in [0.2, 0.25) is 5.82 Å². The van der Waals surface area contributed by atoms with Crippen molar-refractivity contribution in [2.75, 3.05) is 6.26 Å². The monoisotopic (exact) mass is 448 g/mol. The van der Waals surface area contributed by atoms with Gasteiger partial charge >= 0.3 is 6.18 Å². The molecule has 8 nitrogen and oxygen atoms in total. The second-order valence-electron chi connectivity index (χ2n) is 5.74. The molecule has 0 aliphatic carbocycles. The van der Waals surface area contributed by atoms with Gasteiger partial charge in [-0.25, -0.2) is 8.42 Å². The Morgan fingerprint density at radius 1 is 1.10 bits per heavy atom. The normalized spacial score (nSPS) is 12.0. The lowest BCUT2D eigenvalue weighted by Crippen LogP contribution is -2.06. The van der Waals surface area contributed by atoms with Crippen molar-refractivity contribution in [3.63, 3.8) is 0 Å². The fourth-order valence-electron chi connectivity index (χ4n) is 2.18. The van der Waals surface area contributed by atoms with E-state index >= 15 is 0 Å². The molecule has 3 aromatic rings. The van der Waals surface area contributed by atoms with E-state index in [-0.39, 0.29) is 39.6 Å². The first-order valence-corrected chi connectivity index (χ1v) is 10.0. The summed E-state index contributed by atoms with van der Waals surface area (Å²) in [6, 6.07) is 6.25. The number of benzene rings is 2. The molecule has 13 heteroatoms. The van der Waals surface area contributed by atoms with Crippen LogP contribution >= 0.6 is 11.6 Å². The van der Waals surface area contributed by atoms with E-state index in [0.717, 1.165) is 30.5 Å². The highest BCUT2D eigenvalue weighted by molar-refractivity contribution is 7.90. The zero-order valence-corrected chi connectivity index (χ0v) is 16.1. The summed E-state index contributed by atoms with van der Waals surface area (Å²) in [6.45, 7) is -0.182. The molecule has 0 atom stereocenters. The Balaban J connectivity index is 1.94. The third-order valence-corrected chi connectivity index (χ3v) is 4.97. The predicted molar refractivity (Wildman–Crippen MR) is 94.6 cm³/mol. The van der Waals surface area contributed by atoms with Crippen molar-refractivity contribution < 1.29 is 31.1 Å². The van der Waals surface area contributed by atoms with Crippen LogP contribution in [0.1, 0.15) is 11.4 Å². The van der Waals surface area contributed by atoms with Gasteiger partial charge in [0.1, 0.15) is 5.75 Å². The van der Waals surface area contributed by atoms with Crippen LogP contribution in [0, 0.1) is 0 Å². The largest absolute Gasteiger partial charge is 0.482 e. The van der Waals surface area contributed by atoms with Gasteiger partial charge in [0.25, 0.3) is 0 Å². The maximum Gasteiger partial charge on any atom is 0.416 e. The summed E-state index contributed by atoms with van der Waals surface area (Å²) in [6.07, 6.45) is -3.62. The average Bonchev–Trinajstić information content (AvgIpc) is 3.14. The summed E-state index contributed by atoms with van der Waals surface area (Å²) < 4.78 is 73.4. The van der Waals surface area contributed by atoms with E-state index in [4.69, 9.17) is 21.1 Å². The molecule has 2 aromatic carbocycles. The van der Waals surface area contributed by atoms with Crippen LogP contribution < -0.4 is 9.47 Å². The Hall–Kier alpha value is -2.86. The molecule has 1 aromatic heterocycles. The molecule has 0 saturated carbocycles. The maximum atomic E-state index is 13.1. The van der Waals surface area contributed by atoms with E-state index in [1.807, 2.05) is 0 Å². The van der Waals surface area contributed by atoms with Crippen LogP contribution in [-0.2, 0) is 22.6 Å². The number of aromatic nitrogens is 4. The van der Waals surface area contributed by atoms with Gasteiger partial charge in [-0.3, -0.25) is 0 Å². The number of tetrazole rings is 1. The van der Waals surface area contributed by atoms with Crippen molar-refractivity contribution in [3.8, 4) is 17.2 Å². The minimum Gasteiger partial charge on any atom is -0.482 e. The molecule has 29 heavy (non-hydrogen) atoms. The van der Waals surface area contributed by atoms with Crippen LogP contribution in [0.25, 0.3) is 0 Å².